The number of amides is 1. The molecule has 1 rings (SSSR count). The van der Waals surface area contributed by atoms with Gasteiger partial charge in [-0.15, -0.1) is 0 Å². The molecular formula is C10H11N3O. The van der Waals surface area contributed by atoms with Crippen molar-refractivity contribution < 1.29 is 4.79 Å². The minimum absolute atomic E-state index is 0.0193. The van der Waals surface area contributed by atoms with Gasteiger partial charge in [-0.3, -0.25) is 9.78 Å². The molecule has 0 saturated carbocycles. The first-order chi connectivity index (χ1) is 6.63. The molecule has 0 saturated heterocycles. The second-order valence-corrected chi connectivity index (χ2v) is 3.02. The predicted molar refractivity (Wildman–Crippen MR) is 51.1 cm³/mol. The third kappa shape index (κ3) is 2.56. The van der Waals surface area contributed by atoms with Crippen LogP contribution in [0.2, 0.25) is 0 Å². The van der Waals surface area contributed by atoms with Crippen LogP contribution in [0.1, 0.15) is 18.2 Å². The van der Waals surface area contributed by atoms with E-state index in [9.17, 15) is 4.79 Å². The van der Waals surface area contributed by atoms with Crippen molar-refractivity contribution in [2.75, 3.05) is 7.05 Å². The number of nitrogens with zero attached hydrogens (tertiary/aromatic N) is 3. The van der Waals surface area contributed by atoms with Crippen molar-refractivity contribution in [3.8, 4) is 6.07 Å². The molecule has 0 aromatic carbocycles. The van der Waals surface area contributed by atoms with E-state index in [-0.39, 0.29) is 5.91 Å². The lowest BCUT2D eigenvalue weighted by Gasteiger charge is -2.13. The van der Waals surface area contributed by atoms with Gasteiger partial charge in [-0.2, -0.15) is 5.26 Å². The van der Waals surface area contributed by atoms with Gasteiger partial charge in [0.05, 0.1) is 23.9 Å². The first kappa shape index (κ1) is 10.2. The van der Waals surface area contributed by atoms with Crippen LogP contribution < -0.4 is 0 Å². The second-order valence-electron chi connectivity index (χ2n) is 3.02. The molecule has 0 aliphatic rings. The SMILES string of the molecule is CC(=O)N(C)Cc1cc(C#N)ccn1. The fourth-order valence-electron chi connectivity index (χ4n) is 0.989. The van der Waals surface area contributed by atoms with Gasteiger partial charge in [0.15, 0.2) is 0 Å². The van der Waals surface area contributed by atoms with Crippen LogP contribution in [0, 0.1) is 11.3 Å². The van der Waals surface area contributed by atoms with E-state index < -0.39 is 0 Å². The average molecular weight is 189 g/mol. The molecule has 4 heteroatoms. The zero-order valence-corrected chi connectivity index (χ0v) is 8.19. The maximum Gasteiger partial charge on any atom is 0.219 e. The molecule has 0 aliphatic carbocycles. The summed E-state index contributed by atoms with van der Waals surface area (Å²) in [7, 11) is 1.70. The van der Waals surface area contributed by atoms with Crippen molar-refractivity contribution >= 4 is 5.91 Å². The van der Waals surface area contributed by atoms with Gasteiger partial charge in [-0.05, 0) is 12.1 Å². The van der Waals surface area contributed by atoms with Gasteiger partial charge in [0.1, 0.15) is 0 Å². The Labute approximate surface area is 82.8 Å². The largest absolute Gasteiger partial charge is 0.340 e. The number of hydrogen-bond acceptors (Lipinski definition) is 3. The fraction of sp³-hybridized carbons (Fsp3) is 0.300. The molecule has 0 spiro atoms. The van der Waals surface area contributed by atoms with Gasteiger partial charge >= 0.3 is 0 Å². The summed E-state index contributed by atoms with van der Waals surface area (Å²) < 4.78 is 0. The number of nitriles is 1. The summed E-state index contributed by atoms with van der Waals surface area (Å²) in [5.74, 6) is -0.0193. The van der Waals surface area contributed by atoms with Gasteiger partial charge in [0.2, 0.25) is 5.91 Å². The Morgan fingerprint density at radius 2 is 2.43 bits per heavy atom. The lowest BCUT2D eigenvalue weighted by atomic mass is 10.2. The van der Waals surface area contributed by atoms with E-state index in [1.54, 1.807) is 30.3 Å². The molecule has 1 aromatic rings. The van der Waals surface area contributed by atoms with Gasteiger partial charge < -0.3 is 4.90 Å². The van der Waals surface area contributed by atoms with Crippen LogP contribution in [0.4, 0.5) is 0 Å². The van der Waals surface area contributed by atoms with Crippen LogP contribution in [0.25, 0.3) is 0 Å². The Hall–Kier alpha value is -1.89. The molecule has 14 heavy (non-hydrogen) atoms. The normalized spacial score (nSPS) is 9.21. The molecule has 0 N–H and O–H groups in total. The zero-order valence-electron chi connectivity index (χ0n) is 8.19. The number of carbonyl (C=O) groups excluding carboxylic acids is 1. The van der Waals surface area contributed by atoms with E-state index in [1.165, 1.54) is 6.92 Å². The lowest BCUT2D eigenvalue weighted by molar-refractivity contribution is -0.128. The number of carbonyl (C=O) groups is 1. The summed E-state index contributed by atoms with van der Waals surface area (Å²) in [5, 5.41) is 8.65. The quantitative estimate of drug-likeness (QED) is 0.695. The van der Waals surface area contributed by atoms with Crippen molar-refractivity contribution in [2.45, 2.75) is 13.5 Å². The maximum atomic E-state index is 10.9. The molecule has 0 aliphatic heterocycles. The third-order valence-electron chi connectivity index (χ3n) is 1.88. The van der Waals surface area contributed by atoms with Crippen LogP contribution >= 0.6 is 0 Å². The Balaban J connectivity index is 2.78. The summed E-state index contributed by atoms with van der Waals surface area (Å²) in [6.45, 7) is 1.93. The molecule has 72 valence electrons. The van der Waals surface area contributed by atoms with E-state index in [0.717, 1.165) is 5.69 Å². The molecule has 1 heterocycles. The molecule has 0 bridgehead atoms. The number of hydrogen-bond donors (Lipinski definition) is 0. The van der Waals surface area contributed by atoms with Crippen molar-refractivity contribution in [2.24, 2.45) is 0 Å². The van der Waals surface area contributed by atoms with E-state index in [0.29, 0.717) is 12.1 Å². The highest BCUT2D eigenvalue weighted by Crippen LogP contribution is 2.03. The Morgan fingerprint density at radius 1 is 1.71 bits per heavy atom. The van der Waals surface area contributed by atoms with E-state index in [1.807, 2.05) is 6.07 Å². The predicted octanol–water partition coefficient (Wildman–Crippen LogP) is 0.932. The van der Waals surface area contributed by atoms with Crippen LogP contribution in [0.15, 0.2) is 18.3 Å². The van der Waals surface area contributed by atoms with E-state index in [2.05, 4.69) is 4.98 Å². The van der Waals surface area contributed by atoms with Crippen molar-refractivity contribution in [1.82, 2.24) is 9.88 Å². The van der Waals surface area contributed by atoms with Gasteiger partial charge in [-0.1, -0.05) is 0 Å². The second kappa shape index (κ2) is 4.38. The van der Waals surface area contributed by atoms with Crippen LogP contribution in [0.5, 0.6) is 0 Å². The number of aromatic nitrogens is 1. The average Bonchev–Trinajstić information content (AvgIpc) is 2.18. The molecule has 0 fully saturated rings. The van der Waals surface area contributed by atoms with E-state index >= 15 is 0 Å². The Bertz CT molecular complexity index is 381. The minimum Gasteiger partial charge on any atom is -0.340 e. The molecule has 4 nitrogen and oxygen atoms in total. The monoisotopic (exact) mass is 189 g/mol. The van der Waals surface area contributed by atoms with Crippen molar-refractivity contribution in [3.05, 3.63) is 29.6 Å². The van der Waals surface area contributed by atoms with Gasteiger partial charge in [0, 0.05) is 20.2 Å². The van der Waals surface area contributed by atoms with E-state index in [4.69, 9.17) is 5.26 Å². The number of pyridine rings is 1. The lowest BCUT2D eigenvalue weighted by Crippen LogP contribution is -2.23. The zero-order chi connectivity index (χ0) is 10.6. The standard InChI is InChI=1S/C10H11N3O/c1-8(14)13(2)7-10-5-9(6-11)3-4-12-10/h3-5H,7H2,1-2H3. The highest BCUT2D eigenvalue weighted by molar-refractivity contribution is 5.72. The Morgan fingerprint density at radius 3 is 3.00 bits per heavy atom. The topological polar surface area (TPSA) is 57.0 Å². The molecule has 0 radical (unpaired) electrons. The highest BCUT2D eigenvalue weighted by Gasteiger charge is 2.04. The molecular weight excluding hydrogens is 178 g/mol. The molecule has 1 amide bonds. The third-order valence-corrected chi connectivity index (χ3v) is 1.88. The van der Waals surface area contributed by atoms with Crippen LogP contribution in [-0.2, 0) is 11.3 Å². The van der Waals surface area contributed by atoms with Crippen molar-refractivity contribution in [1.29, 1.82) is 5.26 Å². The van der Waals surface area contributed by atoms with Crippen molar-refractivity contribution in [3.63, 3.8) is 0 Å². The smallest absolute Gasteiger partial charge is 0.219 e. The van der Waals surface area contributed by atoms with Crippen LogP contribution in [0.3, 0.4) is 0 Å². The number of rotatable bonds is 2. The molecule has 0 unspecified atom stereocenters. The minimum atomic E-state index is -0.0193. The fourth-order valence-corrected chi connectivity index (χ4v) is 0.989. The maximum absolute atomic E-state index is 10.9. The first-order valence-electron chi connectivity index (χ1n) is 4.20. The highest BCUT2D eigenvalue weighted by atomic mass is 16.2. The summed E-state index contributed by atoms with van der Waals surface area (Å²) in [4.78, 5) is 16.5. The summed E-state index contributed by atoms with van der Waals surface area (Å²) in [6, 6.07) is 5.34. The van der Waals surface area contributed by atoms with Gasteiger partial charge in [-0.25, -0.2) is 0 Å². The molecule has 0 atom stereocenters. The Kier molecular flexibility index (Phi) is 3.19. The van der Waals surface area contributed by atoms with Crippen LogP contribution in [-0.4, -0.2) is 22.8 Å². The molecule has 1 aromatic heterocycles. The summed E-state index contributed by atoms with van der Waals surface area (Å²) in [6.07, 6.45) is 1.57. The first-order valence-corrected chi connectivity index (χ1v) is 4.20. The summed E-state index contributed by atoms with van der Waals surface area (Å²) >= 11 is 0. The summed E-state index contributed by atoms with van der Waals surface area (Å²) in [5.41, 5.74) is 1.29. The van der Waals surface area contributed by atoms with Gasteiger partial charge in [0.25, 0.3) is 0 Å².